The second kappa shape index (κ2) is 7.87. The third-order valence-corrected chi connectivity index (χ3v) is 3.42. The van der Waals surface area contributed by atoms with Gasteiger partial charge in [0.15, 0.2) is 0 Å². The molecule has 0 aromatic heterocycles. The van der Waals surface area contributed by atoms with Crippen LogP contribution < -0.4 is 11.5 Å². The number of aliphatic carboxylic acids is 1. The van der Waals surface area contributed by atoms with Gasteiger partial charge in [-0.25, -0.2) is 0 Å². The molecule has 0 aliphatic heterocycles. The van der Waals surface area contributed by atoms with Crippen molar-refractivity contribution in [2.75, 3.05) is 0 Å². The minimum absolute atomic E-state index is 0.00143. The fourth-order valence-electron chi connectivity index (χ4n) is 2.34. The molecule has 9 heteroatoms. The number of carboxylic acid groups (broad SMARTS) is 1. The molecule has 1 aromatic carbocycles. The van der Waals surface area contributed by atoms with E-state index in [2.05, 4.69) is 0 Å². The number of amides is 2. The first-order chi connectivity index (χ1) is 10.7. The Bertz CT molecular complexity index is 597. The molecule has 0 saturated carbocycles. The number of primary amides is 2. The largest absolute Gasteiger partial charge is 0.481 e. The normalized spacial score (nSPS) is 11.9. The first-order valence-electron chi connectivity index (χ1n) is 6.73. The molecule has 124 valence electrons. The SMILES string of the molecule is NC(=O)CC(CC(N)=O)C(Cc1ccc([N+](=O)[O-])cc1)C(=O)O. The zero-order valence-electron chi connectivity index (χ0n) is 12.2. The number of carboxylic acids is 1. The van der Waals surface area contributed by atoms with Gasteiger partial charge in [0.2, 0.25) is 11.8 Å². The molecule has 1 atom stereocenters. The molecule has 23 heavy (non-hydrogen) atoms. The van der Waals surface area contributed by atoms with Gasteiger partial charge in [-0.2, -0.15) is 0 Å². The highest BCUT2D eigenvalue weighted by atomic mass is 16.6. The van der Waals surface area contributed by atoms with E-state index in [0.29, 0.717) is 5.56 Å². The molecule has 9 nitrogen and oxygen atoms in total. The van der Waals surface area contributed by atoms with E-state index in [9.17, 15) is 29.6 Å². The number of non-ortho nitro benzene ring substituents is 1. The van der Waals surface area contributed by atoms with Crippen LogP contribution in [0.1, 0.15) is 18.4 Å². The van der Waals surface area contributed by atoms with Crippen LogP contribution >= 0.6 is 0 Å². The summed E-state index contributed by atoms with van der Waals surface area (Å²) >= 11 is 0. The van der Waals surface area contributed by atoms with Crippen LogP contribution in [-0.4, -0.2) is 27.8 Å². The van der Waals surface area contributed by atoms with Crippen LogP contribution in [0.4, 0.5) is 5.69 Å². The summed E-state index contributed by atoms with van der Waals surface area (Å²) in [6.07, 6.45) is -0.571. The van der Waals surface area contributed by atoms with Gasteiger partial charge < -0.3 is 16.6 Å². The Labute approximate surface area is 131 Å². The van der Waals surface area contributed by atoms with Gasteiger partial charge in [-0.15, -0.1) is 0 Å². The molecule has 0 aliphatic carbocycles. The first kappa shape index (κ1) is 18.1. The molecule has 2 amide bonds. The molecule has 1 unspecified atom stereocenters. The number of hydrogen-bond donors (Lipinski definition) is 3. The molecule has 0 aliphatic rings. The van der Waals surface area contributed by atoms with Gasteiger partial charge in [-0.1, -0.05) is 12.1 Å². The Kier molecular flexibility index (Phi) is 6.19. The lowest BCUT2D eigenvalue weighted by atomic mass is 9.82. The smallest absolute Gasteiger partial charge is 0.307 e. The number of nitro benzene ring substituents is 1. The molecular formula is C14H17N3O6. The number of hydrogen-bond acceptors (Lipinski definition) is 5. The van der Waals surface area contributed by atoms with Gasteiger partial charge in [0.1, 0.15) is 0 Å². The third kappa shape index (κ3) is 5.73. The number of carbonyl (C=O) groups excluding carboxylic acids is 2. The predicted molar refractivity (Wildman–Crippen MR) is 79.0 cm³/mol. The minimum Gasteiger partial charge on any atom is -0.481 e. The monoisotopic (exact) mass is 323 g/mol. The molecule has 0 spiro atoms. The van der Waals surface area contributed by atoms with Crippen LogP contribution in [0, 0.1) is 22.0 Å². The minimum atomic E-state index is -1.20. The summed E-state index contributed by atoms with van der Waals surface area (Å²) in [5.74, 6) is -4.55. The molecule has 0 bridgehead atoms. The van der Waals surface area contributed by atoms with E-state index in [-0.39, 0.29) is 24.9 Å². The van der Waals surface area contributed by atoms with E-state index in [4.69, 9.17) is 11.5 Å². The molecular weight excluding hydrogens is 306 g/mol. The predicted octanol–water partition coefficient (Wildman–Crippen LogP) is 0.205. The molecule has 0 heterocycles. The maximum absolute atomic E-state index is 11.5. The Morgan fingerprint density at radius 2 is 1.57 bits per heavy atom. The van der Waals surface area contributed by atoms with Crippen molar-refractivity contribution >= 4 is 23.5 Å². The number of nitro groups is 1. The Balaban J connectivity index is 2.98. The zero-order valence-corrected chi connectivity index (χ0v) is 12.2. The number of nitrogens with two attached hydrogens (primary N) is 2. The van der Waals surface area contributed by atoms with E-state index < -0.39 is 34.5 Å². The average molecular weight is 323 g/mol. The van der Waals surface area contributed by atoms with Crippen molar-refractivity contribution in [2.24, 2.45) is 23.3 Å². The third-order valence-electron chi connectivity index (χ3n) is 3.42. The van der Waals surface area contributed by atoms with Gasteiger partial charge in [-0.05, 0) is 17.9 Å². The van der Waals surface area contributed by atoms with Crippen LogP contribution in [0.15, 0.2) is 24.3 Å². The highest BCUT2D eigenvalue weighted by molar-refractivity contribution is 5.80. The lowest BCUT2D eigenvalue weighted by molar-refractivity contribution is -0.384. The van der Waals surface area contributed by atoms with Gasteiger partial charge in [-0.3, -0.25) is 24.5 Å². The Morgan fingerprint density at radius 1 is 1.09 bits per heavy atom. The van der Waals surface area contributed by atoms with E-state index in [0.717, 1.165) is 0 Å². The zero-order chi connectivity index (χ0) is 17.6. The number of nitrogens with zero attached hydrogens (tertiary/aromatic N) is 1. The number of rotatable bonds is 9. The van der Waals surface area contributed by atoms with Crippen molar-refractivity contribution in [3.63, 3.8) is 0 Å². The van der Waals surface area contributed by atoms with Crippen molar-refractivity contribution in [1.29, 1.82) is 0 Å². The van der Waals surface area contributed by atoms with E-state index in [1.54, 1.807) is 0 Å². The maximum Gasteiger partial charge on any atom is 0.307 e. The summed E-state index contributed by atoms with van der Waals surface area (Å²) in [6, 6.07) is 5.37. The lowest BCUT2D eigenvalue weighted by Crippen LogP contribution is -2.32. The van der Waals surface area contributed by atoms with Gasteiger partial charge in [0.05, 0.1) is 10.8 Å². The van der Waals surface area contributed by atoms with Crippen molar-refractivity contribution in [3.05, 3.63) is 39.9 Å². The van der Waals surface area contributed by atoms with Crippen LogP contribution in [0.25, 0.3) is 0 Å². The lowest BCUT2D eigenvalue weighted by Gasteiger charge is -2.22. The molecule has 0 saturated heterocycles. The summed E-state index contributed by atoms with van der Waals surface area (Å²) in [5.41, 5.74) is 10.6. The fourth-order valence-corrected chi connectivity index (χ4v) is 2.34. The molecule has 5 N–H and O–H groups in total. The second-order valence-electron chi connectivity index (χ2n) is 5.17. The summed E-state index contributed by atoms with van der Waals surface area (Å²) in [7, 11) is 0. The number of benzene rings is 1. The van der Waals surface area contributed by atoms with E-state index in [1.807, 2.05) is 0 Å². The summed E-state index contributed by atoms with van der Waals surface area (Å²) in [5, 5.41) is 20.0. The Hall–Kier alpha value is -2.97. The van der Waals surface area contributed by atoms with Crippen LogP contribution in [-0.2, 0) is 20.8 Å². The van der Waals surface area contributed by atoms with Crippen molar-refractivity contribution < 1.29 is 24.4 Å². The van der Waals surface area contributed by atoms with Crippen LogP contribution in [0.3, 0.4) is 0 Å². The standard InChI is InChI=1S/C14H17N3O6/c15-12(18)6-9(7-13(16)19)11(14(20)21)5-8-1-3-10(4-2-8)17(22)23/h1-4,9,11H,5-7H2,(H2,15,18)(H2,16,19)(H,20,21). The fraction of sp³-hybridized carbons (Fsp3) is 0.357. The number of carbonyl (C=O) groups is 3. The van der Waals surface area contributed by atoms with Gasteiger partial charge in [0, 0.05) is 25.0 Å². The molecule has 1 aromatic rings. The second-order valence-corrected chi connectivity index (χ2v) is 5.17. The van der Waals surface area contributed by atoms with Gasteiger partial charge >= 0.3 is 5.97 Å². The molecule has 1 rings (SSSR count). The van der Waals surface area contributed by atoms with Crippen molar-refractivity contribution in [3.8, 4) is 0 Å². The van der Waals surface area contributed by atoms with Crippen molar-refractivity contribution in [2.45, 2.75) is 19.3 Å². The highest BCUT2D eigenvalue weighted by Crippen LogP contribution is 2.25. The average Bonchev–Trinajstić information content (AvgIpc) is 2.43. The summed E-state index contributed by atoms with van der Waals surface area (Å²) < 4.78 is 0. The van der Waals surface area contributed by atoms with Crippen LogP contribution in [0.5, 0.6) is 0 Å². The quantitative estimate of drug-likeness (QED) is 0.433. The van der Waals surface area contributed by atoms with Crippen LogP contribution in [0.2, 0.25) is 0 Å². The molecule has 0 radical (unpaired) electrons. The topological polar surface area (TPSA) is 167 Å². The summed E-state index contributed by atoms with van der Waals surface area (Å²) in [6.45, 7) is 0. The van der Waals surface area contributed by atoms with E-state index >= 15 is 0 Å². The van der Waals surface area contributed by atoms with E-state index in [1.165, 1.54) is 24.3 Å². The Morgan fingerprint density at radius 3 is 1.91 bits per heavy atom. The van der Waals surface area contributed by atoms with Crippen molar-refractivity contribution in [1.82, 2.24) is 0 Å². The first-order valence-corrected chi connectivity index (χ1v) is 6.73. The maximum atomic E-state index is 11.5. The molecule has 0 fully saturated rings. The summed E-state index contributed by atoms with van der Waals surface area (Å²) in [4.78, 5) is 43.7. The highest BCUT2D eigenvalue weighted by Gasteiger charge is 2.31. The van der Waals surface area contributed by atoms with Gasteiger partial charge in [0.25, 0.3) is 5.69 Å².